The predicted molar refractivity (Wildman–Crippen MR) is 113 cm³/mol. The van der Waals surface area contributed by atoms with Crippen molar-refractivity contribution < 1.29 is 14.4 Å². The zero-order valence-electron chi connectivity index (χ0n) is 17.7. The fourth-order valence-corrected chi connectivity index (χ4v) is 3.39. The lowest BCUT2D eigenvalue weighted by molar-refractivity contribution is -0.132. The third kappa shape index (κ3) is 7.85. The van der Waals surface area contributed by atoms with Gasteiger partial charge in [0.15, 0.2) is 0 Å². The number of carbonyl (C=O) groups is 3. The van der Waals surface area contributed by atoms with Gasteiger partial charge in [-0.05, 0) is 37.8 Å². The summed E-state index contributed by atoms with van der Waals surface area (Å²) in [5.74, 6) is -0.719. The van der Waals surface area contributed by atoms with Crippen LogP contribution in [0.1, 0.15) is 45.6 Å². The standard InChI is InChI=1S/C22H34N4O3/c1-16(2)20-22(29)23-12-8-14-26(15-18-9-5-4-6-10-18)13-7-11-19(27)24-17(3)21(28)25-20/h4-6,9-10,16-17,20H,7-8,11-15H2,1-3H3,(H,23,29)(H,24,27)(H,25,28)/t17-,20-/m1/s1. The van der Waals surface area contributed by atoms with Gasteiger partial charge in [0.25, 0.3) is 0 Å². The number of nitrogens with one attached hydrogen (secondary N) is 3. The first-order valence-electron chi connectivity index (χ1n) is 10.5. The molecule has 1 aliphatic heterocycles. The lowest BCUT2D eigenvalue weighted by atomic mass is 10.0. The minimum Gasteiger partial charge on any atom is -0.354 e. The van der Waals surface area contributed by atoms with Crippen molar-refractivity contribution in [2.75, 3.05) is 19.6 Å². The second kappa shape index (κ2) is 11.6. The third-order valence-corrected chi connectivity index (χ3v) is 5.10. The lowest BCUT2D eigenvalue weighted by Crippen LogP contribution is -2.54. The fourth-order valence-electron chi connectivity index (χ4n) is 3.39. The van der Waals surface area contributed by atoms with E-state index in [-0.39, 0.29) is 23.6 Å². The van der Waals surface area contributed by atoms with Crippen molar-refractivity contribution in [1.82, 2.24) is 20.9 Å². The van der Waals surface area contributed by atoms with Crippen LogP contribution in [0.25, 0.3) is 0 Å². The highest BCUT2D eigenvalue weighted by atomic mass is 16.2. The van der Waals surface area contributed by atoms with Crippen molar-refractivity contribution >= 4 is 17.7 Å². The highest BCUT2D eigenvalue weighted by molar-refractivity contribution is 5.91. The molecule has 1 aliphatic rings. The van der Waals surface area contributed by atoms with Crippen LogP contribution in [-0.2, 0) is 20.9 Å². The van der Waals surface area contributed by atoms with Crippen molar-refractivity contribution in [2.24, 2.45) is 5.92 Å². The van der Waals surface area contributed by atoms with Crippen LogP contribution >= 0.6 is 0 Å². The Balaban J connectivity index is 2.06. The molecule has 0 aliphatic carbocycles. The Hall–Kier alpha value is -2.41. The number of nitrogens with zero attached hydrogens (tertiary/aromatic N) is 1. The van der Waals surface area contributed by atoms with Gasteiger partial charge in [-0.2, -0.15) is 0 Å². The molecular formula is C22H34N4O3. The number of rotatable bonds is 3. The average molecular weight is 403 g/mol. The van der Waals surface area contributed by atoms with E-state index < -0.39 is 12.1 Å². The Bertz CT molecular complexity index is 678. The molecule has 7 nitrogen and oxygen atoms in total. The van der Waals surface area contributed by atoms with Gasteiger partial charge in [0.2, 0.25) is 17.7 Å². The van der Waals surface area contributed by atoms with Gasteiger partial charge in [-0.25, -0.2) is 0 Å². The molecule has 1 heterocycles. The van der Waals surface area contributed by atoms with E-state index in [1.807, 2.05) is 32.0 Å². The van der Waals surface area contributed by atoms with Crippen molar-refractivity contribution in [3.05, 3.63) is 35.9 Å². The van der Waals surface area contributed by atoms with E-state index in [1.165, 1.54) is 5.56 Å². The largest absolute Gasteiger partial charge is 0.354 e. The summed E-state index contributed by atoms with van der Waals surface area (Å²) in [4.78, 5) is 39.5. The van der Waals surface area contributed by atoms with E-state index in [4.69, 9.17) is 0 Å². The van der Waals surface area contributed by atoms with E-state index in [1.54, 1.807) is 6.92 Å². The van der Waals surface area contributed by atoms with Crippen LogP contribution in [0.15, 0.2) is 30.3 Å². The summed E-state index contributed by atoms with van der Waals surface area (Å²) in [7, 11) is 0. The third-order valence-electron chi connectivity index (χ3n) is 5.10. The molecule has 1 aromatic rings. The first-order chi connectivity index (χ1) is 13.9. The van der Waals surface area contributed by atoms with Crippen LogP contribution in [-0.4, -0.2) is 54.3 Å². The molecule has 3 N–H and O–H groups in total. The van der Waals surface area contributed by atoms with Crippen LogP contribution in [0.2, 0.25) is 0 Å². The molecule has 0 aromatic heterocycles. The van der Waals surface area contributed by atoms with Crippen molar-refractivity contribution in [2.45, 2.75) is 58.7 Å². The van der Waals surface area contributed by atoms with Crippen LogP contribution in [0.3, 0.4) is 0 Å². The minimum absolute atomic E-state index is 0.0490. The van der Waals surface area contributed by atoms with E-state index in [0.29, 0.717) is 19.4 Å². The molecule has 0 spiro atoms. The monoisotopic (exact) mass is 402 g/mol. The predicted octanol–water partition coefficient (Wildman–Crippen LogP) is 1.43. The molecule has 3 amide bonds. The molecule has 0 saturated carbocycles. The fraction of sp³-hybridized carbons (Fsp3) is 0.591. The Morgan fingerprint density at radius 2 is 1.69 bits per heavy atom. The topological polar surface area (TPSA) is 90.5 Å². The summed E-state index contributed by atoms with van der Waals surface area (Å²) in [6, 6.07) is 8.93. The average Bonchev–Trinajstić information content (AvgIpc) is 2.68. The Labute approximate surface area is 173 Å². The Kier molecular flexibility index (Phi) is 9.12. The summed E-state index contributed by atoms with van der Waals surface area (Å²) in [5.41, 5.74) is 1.22. The van der Waals surface area contributed by atoms with Crippen LogP contribution in [0, 0.1) is 5.92 Å². The molecule has 2 atom stereocenters. The Morgan fingerprint density at radius 3 is 2.38 bits per heavy atom. The summed E-state index contributed by atoms with van der Waals surface area (Å²) in [5, 5.41) is 8.45. The van der Waals surface area contributed by atoms with Gasteiger partial charge in [-0.1, -0.05) is 44.2 Å². The first-order valence-corrected chi connectivity index (χ1v) is 10.5. The minimum atomic E-state index is -0.679. The van der Waals surface area contributed by atoms with E-state index in [0.717, 1.165) is 26.1 Å². The SMILES string of the molecule is CC(C)[C@H]1NC(=O)[C@@H](C)NC(=O)CCCN(Cc2ccccc2)CCCNC1=O. The van der Waals surface area contributed by atoms with E-state index >= 15 is 0 Å². The normalized spacial score (nSPS) is 23.5. The molecule has 0 bridgehead atoms. The van der Waals surface area contributed by atoms with E-state index in [9.17, 15) is 14.4 Å². The maximum absolute atomic E-state index is 12.6. The maximum Gasteiger partial charge on any atom is 0.242 e. The van der Waals surface area contributed by atoms with Gasteiger partial charge in [0.1, 0.15) is 12.1 Å². The summed E-state index contributed by atoms with van der Waals surface area (Å²) in [6.45, 7) is 8.39. The van der Waals surface area contributed by atoms with E-state index in [2.05, 4.69) is 33.0 Å². The molecule has 0 unspecified atom stereocenters. The second-order valence-corrected chi connectivity index (χ2v) is 8.03. The summed E-state index contributed by atoms with van der Waals surface area (Å²) < 4.78 is 0. The first kappa shape index (κ1) is 22.9. The van der Waals surface area contributed by atoms with Gasteiger partial charge in [0.05, 0.1) is 0 Å². The number of benzene rings is 1. The van der Waals surface area contributed by atoms with Crippen LogP contribution in [0.5, 0.6) is 0 Å². The molecule has 2 rings (SSSR count). The quantitative estimate of drug-likeness (QED) is 0.714. The smallest absolute Gasteiger partial charge is 0.242 e. The Morgan fingerprint density at radius 1 is 1.00 bits per heavy atom. The molecule has 1 saturated heterocycles. The molecule has 1 aromatic carbocycles. The number of carbonyl (C=O) groups excluding carboxylic acids is 3. The zero-order chi connectivity index (χ0) is 21.2. The van der Waals surface area contributed by atoms with Crippen molar-refractivity contribution in [3.63, 3.8) is 0 Å². The van der Waals surface area contributed by atoms with Crippen molar-refractivity contribution in [3.8, 4) is 0 Å². The number of hydrogen-bond acceptors (Lipinski definition) is 4. The summed E-state index contributed by atoms with van der Waals surface area (Å²) >= 11 is 0. The molecule has 7 heteroatoms. The van der Waals surface area contributed by atoms with Crippen LogP contribution in [0.4, 0.5) is 0 Å². The lowest BCUT2D eigenvalue weighted by Gasteiger charge is -2.24. The zero-order valence-corrected chi connectivity index (χ0v) is 17.7. The molecule has 0 radical (unpaired) electrons. The molecule has 160 valence electrons. The maximum atomic E-state index is 12.6. The van der Waals surface area contributed by atoms with Gasteiger partial charge in [-0.3, -0.25) is 19.3 Å². The van der Waals surface area contributed by atoms with Crippen LogP contribution < -0.4 is 16.0 Å². The van der Waals surface area contributed by atoms with Gasteiger partial charge >= 0.3 is 0 Å². The summed E-state index contributed by atoms with van der Waals surface area (Å²) in [6.07, 6.45) is 1.89. The molecular weight excluding hydrogens is 368 g/mol. The van der Waals surface area contributed by atoms with Crippen molar-refractivity contribution in [1.29, 1.82) is 0 Å². The molecule has 29 heavy (non-hydrogen) atoms. The second-order valence-electron chi connectivity index (χ2n) is 8.03. The highest BCUT2D eigenvalue weighted by Gasteiger charge is 2.26. The number of amides is 3. The van der Waals surface area contributed by atoms with Gasteiger partial charge in [0, 0.05) is 26.1 Å². The van der Waals surface area contributed by atoms with Gasteiger partial charge in [-0.15, -0.1) is 0 Å². The van der Waals surface area contributed by atoms with Gasteiger partial charge < -0.3 is 16.0 Å². The highest BCUT2D eigenvalue weighted by Crippen LogP contribution is 2.08. The molecule has 1 fully saturated rings. The number of hydrogen-bond donors (Lipinski definition) is 3.